The summed E-state index contributed by atoms with van der Waals surface area (Å²) < 4.78 is 23.5. The number of amides is 2. The van der Waals surface area contributed by atoms with Crippen molar-refractivity contribution in [3.8, 4) is 0 Å². The molecule has 0 aromatic heterocycles. The fourth-order valence-electron chi connectivity index (χ4n) is 4.19. The highest BCUT2D eigenvalue weighted by Gasteiger charge is 2.40. The molecule has 1 atom stereocenters. The van der Waals surface area contributed by atoms with E-state index in [9.17, 15) is 18.0 Å². The van der Waals surface area contributed by atoms with Crippen LogP contribution in [0.25, 0.3) is 0 Å². The Morgan fingerprint density at radius 1 is 1.03 bits per heavy atom. The minimum Gasteiger partial charge on any atom is -0.322 e. The van der Waals surface area contributed by atoms with Gasteiger partial charge in [0, 0.05) is 5.92 Å². The number of anilines is 2. The molecular formula is C21H23N3O4S. The number of nitrogens with one attached hydrogen (secondary N) is 1. The van der Waals surface area contributed by atoms with Gasteiger partial charge in [0.05, 0.1) is 16.3 Å². The van der Waals surface area contributed by atoms with E-state index in [4.69, 9.17) is 5.14 Å². The predicted molar refractivity (Wildman–Crippen MR) is 110 cm³/mol. The van der Waals surface area contributed by atoms with Crippen molar-refractivity contribution in [2.24, 2.45) is 11.1 Å². The lowest BCUT2D eigenvalue weighted by atomic mass is 9.87. The van der Waals surface area contributed by atoms with Crippen LogP contribution in [-0.2, 0) is 19.6 Å². The highest BCUT2D eigenvalue weighted by Crippen LogP contribution is 2.41. The molecule has 0 radical (unpaired) electrons. The van der Waals surface area contributed by atoms with E-state index in [1.54, 1.807) is 6.07 Å². The number of nitrogens with zero attached hydrogens (tertiary/aromatic N) is 1. The van der Waals surface area contributed by atoms with Crippen LogP contribution in [0.4, 0.5) is 11.4 Å². The zero-order chi connectivity index (χ0) is 20.6. The summed E-state index contributed by atoms with van der Waals surface area (Å²) in [4.78, 5) is 28.0. The average molecular weight is 413 g/mol. The molecule has 29 heavy (non-hydrogen) atoms. The number of nitrogens with two attached hydrogens (primary N) is 1. The average Bonchev–Trinajstić information content (AvgIpc) is 2.72. The second-order valence-corrected chi connectivity index (χ2v) is 9.13. The van der Waals surface area contributed by atoms with Gasteiger partial charge in [-0.1, -0.05) is 49.6 Å². The van der Waals surface area contributed by atoms with E-state index < -0.39 is 16.1 Å². The molecule has 1 heterocycles. The number of carbonyl (C=O) groups excluding carboxylic acids is 2. The van der Waals surface area contributed by atoms with Gasteiger partial charge in [-0.15, -0.1) is 0 Å². The number of hydrogen-bond donors (Lipinski definition) is 2. The van der Waals surface area contributed by atoms with E-state index in [1.165, 1.54) is 17.0 Å². The SMILES string of the molecule is NS(=O)(=O)c1ccc2c(c1)NC(=O)C(c1ccccc1)N2C(=O)C1CCCCC1. The van der Waals surface area contributed by atoms with E-state index >= 15 is 0 Å². The maximum atomic E-state index is 13.5. The van der Waals surface area contributed by atoms with Gasteiger partial charge >= 0.3 is 0 Å². The molecule has 4 rings (SSSR count). The van der Waals surface area contributed by atoms with Gasteiger partial charge in [-0.05, 0) is 36.6 Å². The van der Waals surface area contributed by atoms with E-state index in [2.05, 4.69) is 5.32 Å². The highest BCUT2D eigenvalue weighted by molar-refractivity contribution is 7.89. The Labute approximate surface area is 169 Å². The molecule has 1 saturated carbocycles. The number of hydrogen-bond acceptors (Lipinski definition) is 4. The molecular weight excluding hydrogens is 390 g/mol. The summed E-state index contributed by atoms with van der Waals surface area (Å²) >= 11 is 0. The number of sulfonamides is 1. The van der Waals surface area contributed by atoms with Crippen LogP contribution in [0.3, 0.4) is 0 Å². The van der Waals surface area contributed by atoms with Gasteiger partial charge < -0.3 is 5.32 Å². The first kappa shape index (κ1) is 19.6. The van der Waals surface area contributed by atoms with Crippen LogP contribution in [0.15, 0.2) is 53.4 Å². The predicted octanol–water partition coefficient (Wildman–Crippen LogP) is 2.94. The zero-order valence-corrected chi connectivity index (χ0v) is 16.7. The standard InChI is InChI=1S/C21H23N3O4S/c22-29(27,28)16-11-12-18-17(13-16)23-20(25)19(14-7-3-1-4-8-14)24(18)21(26)15-9-5-2-6-10-15/h1,3-4,7-8,11-13,15,19H,2,5-6,9-10H2,(H,23,25)(H2,22,27,28). The fourth-order valence-corrected chi connectivity index (χ4v) is 4.73. The van der Waals surface area contributed by atoms with E-state index in [-0.39, 0.29) is 28.3 Å². The van der Waals surface area contributed by atoms with Crippen molar-refractivity contribution < 1.29 is 18.0 Å². The van der Waals surface area contributed by atoms with Crippen LogP contribution in [0.5, 0.6) is 0 Å². The van der Waals surface area contributed by atoms with E-state index in [0.29, 0.717) is 11.3 Å². The molecule has 1 aliphatic carbocycles. The normalized spacial score (nSPS) is 20.1. The summed E-state index contributed by atoms with van der Waals surface area (Å²) in [5, 5.41) is 7.99. The maximum Gasteiger partial charge on any atom is 0.252 e. The fraction of sp³-hybridized carbons (Fsp3) is 0.333. The summed E-state index contributed by atoms with van der Waals surface area (Å²) in [5.41, 5.74) is 1.47. The van der Waals surface area contributed by atoms with E-state index in [1.807, 2.05) is 30.3 Å². The molecule has 7 nitrogen and oxygen atoms in total. The van der Waals surface area contributed by atoms with Crippen LogP contribution in [0, 0.1) is 5.92 Å². The summed E-state index contributed by atoms with van der Waals surface area (Å²) in [6.07, 6.45) is 4.68. The van der Waals surface area contributed by atoms with E-state index in [0.717, 1.165) is 32.1 Å². The second kappa shape index (κ2) is 7.61. The molecule has 0 saturated heterocycles. The largest absolute Gasteiger partial charge is 0.322 e. The Balaban J connectivity index is 1.83. The number of rotatable bonds is 3. The quantitative estimate of drug-likeness (QED) is 0.806. The van der Waals surface area contributed by atoms with Crippen LogP contribution in [0.1, 0.15) is 43.7 Å². The highest BCUT2D eigenvalue weighted by atomic mass is 32.2. The molecule has 0 bridgehead atoms. The first-order valence-corrected chi connectivity index (χ1v) is 11.3. The van der Waals surface area contributed by atoms with Crippen LogP contribution < -0.4 is 15.4 Å². The monoisotopic (exact) mass is 413 g/mol. The molecule has 0 spiro atoms. The Morgan fingerprint density at radius 3 is 2.38 bits per heavy atom. The molecule has 2 aliphatic rings. The van der Waals surface area contributed by atoms with Crippen molar-refractivity contribution in [1.29, 1.82) is 0 Å². The topological polar surface area (TPSA) is 110 Å². The third kappa shape index (κ3) is 3.77. The molecule has 2 aromatic rings. The Hall–Kier alpha value is -2.71. The van der Waals surface area contributed by atoms with Crippen LogP contribution in [-0.4, -0.2) is 20.2 Å². The summed E-state index contributed by atoms with van der Waals surface area (Å²) in [6.45, 7) is 0. The van der Waals surface area contributed by atoms with Crippen molar-refractivity contribution in [2.45, 2.75) is 43.0 Å². The van der Waals surface area contributed by atoms with Gasteiger partial charge in [-0.25, -0.2) is 13.6 Å². The van der Waals surface area contributed by atoms with Gasteiger partial charge in [0.2, 0.25) is 15.9 Å². The second-order valence-electron chi connectivity index (χ2n) is 7.57. The van der Waals surface area contributed by atoms with Crippen molar-refractivity contribution in [3.05, 3.63) is 54.1 Å². The molecule has 1 fully saturated rings. The van der Waals surface area contributed by atoms with Gasteiger partial charge in [0.25, 0.3) is 5.91 Å². The number of carbonyl (C=O) groups is 2. The zero-order valence-electron chi connectivity index (χ0n) is 15.9. The van der Waals surface area contributed by atoms with Crippen LogP contribution >= 0.6 is 0 Å². The van der Waals surface area contributed by atoms with Gasteiger partial charge in [-0.3, -0.25) is 14.5 Å². The minimum atomic E-state index is -3.93. The number of primary sulfonamides is 1. The lowest BCUT2D eigenvalue weighted by Gasteiger charge is -2.39. The lowest BCUT2D eigenvalue weighted by Crippen LogP contribution is -2.47. The Bertz CT molecular complexity index is 1050. The smallest absolute Gasteiger partial charge is 0.252 e. The van der Waals surface area contributed by atoms with Gasteiger partial charge in [-0.2, -0.15) is 0 Å². The van der Waals surface area contributed by atoms with Crippen LogP contribution in [0.2, 0.25) is 0 Å². The summed E-state index contributed by atoms with van der Waals surface area (Å²) in [6, 6.07) is 12.6. The maximum absolute atomic E-state index is 13.5. The number of fused-ring (bicyclic) bond motifs is 1. The molecule has 8 heteroatoms. The first-order valence-electron chi connectivity index (χ1n) is 9.72. The van der Waals surface area contributed by atoms with Gasteiger partial charge in [0.1, 0.15) is 6.04 Å². The van der Waals surface area contributed by atoms with Crippen molar-refractivity contribution in [1.82, 2.24) is 0 Å². The van der Waals surface area contributed by atoms with Crippen molar-refractivity contribution in [3.63, 3.8) is 0 Å². The molecule has 3 N–H and O–H groups in total. The first-order chi connectivity index (χ1) is 13.9. The third-order valence-corrected chi connectivity index (χ3v) is 6.54. The lowest BCUT2D eigenvalue weighted by molar-refractivity contribution is -0.127. The third-order valence-electron chi connectivity index (χ3n) is 5.63. The van der Waals surface area contributed by atoms with Crippen molar-refractivity contribution in [2.75, 3.05) is 10.2 Å². The molecule has 152 valence electrons. The minimum absolute atomic E-state index is 0.0991. The number of benzene rings is 2. The van der Waals surface area contributed by atoms with Gasteiger partial charge in [0.15, 0.2) is 0 Å². The molecule has 1 unspecified atom stereocenters. The molecule has 2 amide bonds. The summed E-state index contributed by atoms with van der Waals surface area (Å²) in [7, 11) is -3.93. The van der Waals surface area contributed by atoms with Crippen molar-refractivity contribution >= 4 is 33.2 Å². The Kier molecular flexibility index (Phi) is 5.14. The Morgan fingerprint density at radius 2 is 1.72 bits per heavy atom. The molecule has 1 aliphatic heterocycles. The molecule has 2 aromatic carbocycles. The summed E-state index contributed by atoms with van der Waals surface area (Å²) in [5.74, 6) is -0.621.